The molecule has 0 bridgehead atoms. The summed E-state index contributed by atoms with van der Waals surface area (Å²) in [6.45, 7) is 3.88. The van der Waals surface area contributed by atoms with E-state index in [0.717, 1.165) is 0 Å². The highest BCUT2D eigenvalue weighted by atomic mass is 16.6. The number of rotatable bonds is 5. The van der Waals surface area contributed by atoms with Crippen LogP contribution in [0.3, 0.4) is 0 Å². The summed E-state index contributed by atoms with van der Waals surface area (Å²) in [4.78, 5) is 11.0. The minimum absolute atomic E-state index is 0.00882. The SMILES string of the molecule is COCC(C)(C)NC(=O)OCCO. The van der Waals surface area contributed by atoms with Crippen LogP contribution < -0.4 is 5.32 Å². The predicted molar refractivity (Wildman–Crippen MR) is 47.5 cm³/mol. The van der Waals surface area contributed by atoms with E-state index in [1.54, 1.807) is 7.11 Å². The van der Waals surface area contributed by atoms with Crippen molar-refractivity contribution in [1.82, 2.24) is 5.32 Å². The Bertz CT molecular complexity index is 158. The largest absolute Gasteiger partial charge is 0.447 e. The van der Waals surface area contributed by atoms with E-state index in [1.165, 1.54) is 0 Å². The Morgan fingerprint density at radius 3 is 2.62 bits per heavy atom. The number of aliphatic hydroxyl groups is 1. The average Bonchev–Trinajstić information content (AvgIpc) is 1.99. The quantitative estimate of drug-likeness (QED) is 0.648. The van der Waals surface area contributed by atoms with Crippen molar-refractivity contribution >= 4 is 6.09 Å². The van der Waals surface area contributed by atoms with E-state index in [9.17, 15) is 4.79 Å². The molecule has 13 heavy (non-hydrogen) atoms. The lowest BCUT2D eigenvalue weighted by Crippen LogP contribution is -2.47. The van der Waals surface area contributed by atoms with E-state index in [4.69, 9.17) is 9.84 Å². The standard InChI is InChI=1S/C8H17NO4/c1-8(2,6-12-3)9-7(11)13-5-4-10/h10H,4-6H2,1-3H3,(H,9,11). The van der Waals surface area contributed by atoms with Crippen LogP contribution >= 0.6 is 0 Å². The molecule has 0 atom stereocenters. The monoisotopic (exact) mass is 191 g/mol. The number of ether oxygens (including phenoxy) is 2. The molecule has 0 aliphatic heterocycles. The maximum atomic E-state index is 11.0. The minimum Gasteiger partial charge on any atom is -0.447 e. The van der Waals surface area contributed by atoms with Crippen molar-refractivity contribution in [1.29, 1.82) is 0 Å². The molecular formula is C8H17NO4. The van der Waals surface area contributed by atoms with Gasteiger partial charge in [0.15, 0.2) is 0 Å². The highest BCUT2D eigenvalue weighted by molar-refractivity contribution is 5.68. The molecule has 0 fully saturated rings. The average molecular weight is 191 g/mol. The van der Waals surface area contributed by atoms with Gasteiger partial charge in [0, 0.05) is 7.11 Å². The Morgan fingerprint density at radius 2 is 2.15 bits per heavy atom. The first-order valence-corrected chi connectivity index (χ1v) is 4.06. The van der Waals surface area contributed by atoms with Crippen LogP contribution in [0.2, 0.25) is 0 Å². The second-order valence-corrected chi connectivity index (χ2v) is 3.30. The van der Waals surface area contributed by atoms with Crippen LogP contribution in [0, 0.1) is 0 Å². The van der Waals surface area contributed by atoms with Gasteiger partial charge in [-0.15, -0.1) is 0 Å². The second kappa shape index (κ2) is 5.77. The minimum atomic E-state index is -0.545. The van der Waals surface area contributed by atoms with Crippen molar-refractivity contribution in [2.75, 3.05) is 26.9 Å². The summed E-state index contributed by atoms with van der Waals surface area (Å²) >= 11 is 0. The molecule has 0 rings (SSSR count). The van der Waals surface area contributed by atoms with Crippen LogP contribution in [0.5, 0.6) is 0 Å². The summed E-state index contributed by atoms with van der Waals surface area (Å²) in [5.41, 5.74) is -0.457. The Morgan fingerprint density at radius 1 is 1.54 bits per heavy atom. The second-order valence-electron chi connectivity index (χ2n) is 3.30. The zero-order valence-electron chi connectivity index (χ0n) is 8.29. The number of nitrogens with one attached hydrogen (secondary N) is 1. The van der Waals surface area contributed by atoms with Crippen molar-refractivity contribution in [3.63, 3.8) is 0 Å². The van der Waals surface area contributed by atoms with Crippen LogP contribution in [0.15, 0.2) is 0 Å². The van der Waals surface area contributed by atoms with E-state index in [2.05, 4.69) is 10.1 Å². The third kappa shape index (κ3) is 6.36. The van der Waals surface area contributed by atoms with Crippen molar-refractivity contribution in [3.05, 3.63) is 0 Å². The van der Waals surface area contributed by atoms with Gasteiger partial charge >= 0.3 is 6.09 Å². The number of hydrogen-bond acceptors (Lipinski definition) is 4. The van der Waals surface area contributed by atoms with Crippen molar-refractivity contribution < 1.29 is 19.4 Å². The fourth-order valence-electron chi connectivity index (χ4n) is 0.848. The first-order valence-electron chi connectivity index (χ1n) is 4.06. The van der Waals surface area contributed by atoms with Gasteiger partial charge in [-0.25, -0.2) is 4.79 Å². The summed E-state index contributed by atoms with van der Waals surface area (Å²) < 4.78 is 9.51. The number of methoxy groups -OCH3 is 1. The number of amides is 1. The highest BCUT2D eigenvalue weighted by Gasteiger charge is 2.20. The van der Waals surface area contributed by atoms with Gasteiger partial charge in [-0.1, -0.05) is 0 Å². The topological polar surface area (TPSA) is 67.8 Å². The molecule has 0 radical (unpaired) electrons. The third-order valence-electron chi connectivity index (χ3n) is 1.27. The predicted octanol–water partition coefficient (Wildman–Crippen LogP) is 0.130. The molecule has 0 spiro atoms. The Balaban J connectivity index is 3.75. The summed E-state index contributed by atoms with van der Waals surface area (Å²) in [6, 6.07) is 0. The van der Waals surface area contributed by atoms with E-state index < -0.39 is 11.6 Å². The molecule has 0 aromatic carbocycles. The van der Waals surface area contributed by atoms with E-state index in [0.29, 0.717) is 6.61 Å². The van der Waals surface area contributed by atoms with Crippen LogP contribution in [0.4, 0.5) is 4.79 Å². The molecule has 0 aromatic heterocycles. The van der Waals surface area contributed by atoms with Gasteiger partial charge in [-0.3, -0.25) is 0 Å². The molecule has 0 heterocycles. The van der Waals surface area contributed by atoms with Crippen molar-refractivity contribution in [2.45, 2.75) is 19.4 Å². The molecule has 0 saturated heterocycles. The lowest BCUT2D eigenvalue weighted by Gasteiger charge is -2.24. The van der Waals surface area contributed by atoms with Gasteiger partial charge in [0.05, 0.1) is 18.8 Å². The molecule has 0 saturated carbocycles. The Kier molecular flexibility index (Phi) is 5.41. The maximum absolute atomic E-state index is 11.0. The smallest absolute Gasteiger partial charge is 0.407 e. The first-order chi connectivity index (χ1) is 6.02. The first kappa shape index (κ1) is 12.2. The molecular weight excluding hydrogens is 174 g/mol. The van der Waals surface area contributed by atoms with Gasteiger partial charge in [-0.2, -0.15) is 0 Å². The fraction of sp³-hybridized carbons (Fsp3) is 0.875. The van der Waals surface area contributed by atoms with E-state index in [-0.39, 0.29) is 13.2 Å². The third-order valence-corrected chi connectivity index (χ3v) is 1.27. The number of carbonyl (C=O) groups excluding carboxylic acids is 1. The van der Waals surface area contributed by atoms with Crippen molar-refractivity contribution in [2.24, 2.45) is 0 Å². The maximum Gasteiger partial charge on any atom is 0.407 e. The molecule has 0 unspecified atom stereocenters. The Hall–Kier alpha value is -0.810. The molecule has 5 nitrogen and oxygen atoms in total. The van der Waals surface area contributed by atoms with Crippen LogP contribution in [0.1, 0.15) is 13.8 Å². The van der Waals surface area contributed by atoms with Gasteiger partial charge in [0.25, 0.3) is 0 Å². The summed E-state index contributed by atoms with van der Waals surface area (Å²) in [7, 11) is 1.56. The number of hydrogen-bond donors (Lipinski definition) is 2. The van der Waals surface area contributed by atoms with Gasteiger partial charge < -0.3 is 19.9 Å². The van der Waals surface area contributed by atoms with Gasteiger partial charge in [0.1, 0.15) is 6.61 Å². The van der Waals surface area contributed by atoms with Crippen LogP contribution in [-0.2, 0) is 9.47 Å². The molecule has 5 heteroatoms. The van der Waals surface area contributed by atoms with Gasteiger partial charge in [0.2, 0.25) is 0 Å². The van der Waals surface area contributed by atoms with Crippen LogP contribution in [-0.4, -0.2) is 43.7 Å². The molecule has 1 amide bonds. The highest BCUT2D eigenvalue weighted by Crippen LogP contribution is 2.02. The summed E-state index contributed by atoms with van der Waals surface area (Å²) in [6.07, 6.45) is -0.545. The fourth-order valence-corrected chi connectivity index (χ4v) is 0.848. The van der Waals surface area contributed by atoms with E-state index >= 15 is 0 Å². The van der Waals surface area contributed by atoms with Crippen molar-refractivity contribution in [3.8, 4) is 0 Å². The lowest BCUT2D eigenvalue weighted by molar-refractivity contribution is 0.0915. The zero-order chi connectivity index (χ0) is 10.3. The molecule has 0 aliphatic rings. The number of alkyl carbamates (subject to hydrolysis) is 1. The zero-order valence-corrected chi connectivity index (χ0v) is 8.29. The molecule has 0 aromatic rings. The number of aliphatic hydroxyl groups excluding tert-OH is 1. The van der Waals surface area contributed by atoms with Crippen LogP contribution in [0.25, 0.3) is 0 Å². The molecule has 2 N–H and O–H groups in total. The lowest BCUT2D eigenvalue weighted by atomic mass is 10.1. The molecule has 0 aliphatic carbocycles. The van der Waals surface area contributed by atoms with Gasteiger partial charge in [-0.05, 0) is 13.8 Å². The van der Waals surface area contributed by atoms with E-state index in [1.807, 2.05) is 13.8 Å². The normalized spacial score (nSPS) is 11.1. The summed E-state index contributed by atoms with van der Waals surface area (Å²) in [5, 5.41) is 11.0. The number of carbonyl (C=O) groups is 1. The Labute approximate surface area is 78.0 Å². The molecule has 78 valence electrons. The summed E-state index contributed by atoms with van der Waals surface area (Å²) in [5.74, 6) is 0.